The second-order valence-electron chi connectivity index (χ2n) is 31.1. The summed E-state index contributed by atoms with van der Waals surface area (Å²) in [6, 6.07) is 138. The van der Waals surface area contributed by atoms with E-state index in [1.165, 1.54) is 0 Å². The zero-order valence-corrected chi connectivity index (χ0v) is 62.2. The number of rotatable bonds is 9. The van der Waals surface area contributed by atoms with E-state index in [0.29, 0.717) is 0 Å². The zero-order chi connectivity index (χ0) is 75.5. The summed E-state index contributed by atoms with van der Waals surface area (Å²) < 4.78 is 35.5. The minimum atomic E-state index is 0.878. The van der Waals surface area contributed by atoms with Gasteiger partial charge in [-0.15, -0.1) is 0 Å². The molecule has 26 aromatic rings. The highest BCUT2D eigenvalue weighted by Crippen LogP contribution is 2.47. The summed E-state index contributed by atoms with van der Waals surface area (Å²) in [6.07, 6.45) is 0. The van der Waals surface area contributed by atoms with Gasteiger partial charge in [-0.3, -0.25) is 0 Å². The molecule has 0 aliphatic carbocycles. The van der Waals surface area contributed by atoms with Crippen LogP contribution in [0.5, 0.6) is 0 Å². The fourth-order valence-corrected chi connectivity index (χ4v) is 19.4. The van der Waals surface area contributed by atoms with E-state index >= 15 is 0 Å². The SMILES string of the molecule is c1ccc2c(c1)oc1ccc(-c3ccc4c(c3)c3ccccc3n4-c3cc(-c4cc(-n5c6ccccc6c6cc(-c7ccc8oc9ccccc9c8c7)ccc65)cc(-n5c6ccccc6c6cc(-c7ccc8oc9ccccc9c8c7)ccc65)c4)cc(-n4c5ccccc5c5cc(-c6ccc7oc8ccccc8c7c6)ccc54)c3)cc12. The standard InChI is InChI=1S/C108H62N4O4/c1-9-25-93-77(17-1)85-53-63(67-37-45-105-89(57-67)81-21-5-13-29-101(81)113-105)33-41-97(85)109(93)73-49-71(50-74(61-73)110-94-26-10-2-18-78(94)86-54-64(34-42-98(86)110)68-38-46-106-90(58-68)82-22-6-14-30-102(82)114-106)72-51-75(111-95-27-11-3-19-79(95)87-55-65(35-43-99(87)111)69-39-47-107-91(59-69)83-23-7-15-31-103(83)115-107)62-76(52-72)112-96-28-12-4-20-80(96)88-56-66(36-44-100(88)112)70-40-48-108-92(60-70)84-24-8-16-32-104(84)116-108/h1-62H. The van der Waals surface area contributed by atoms with Gasteiger partial charge in [-0.1, -0.05) is 194 Å². The molecule has 0 N–H and O–H groups in total. The largest absolute Gasteiger partial charge is 0.456 e. The summed E-state index contributed by atoms with van der Waals surface area (Å²) in [5.74, 6) is 0. The molecule has 0 fully saturated rings. The average molecular weight is 1480 g/mol. The molecule has 0 amide bonds. The highest BCUT2D eigenvalue weighted by molar-refractivity contribution is 6.17. The second-order valence-corrected chi connectivity index (χ2v) is 31.1. The van der Waals surface area contributed by atoms with Crippen LogP contribution in [0, 0.1) is 0 Å². The molecule has 8 nitrogen and oxygen atoms in total. The van der Waals surface area contributed by atoms with E-state index in [2.05, 4.69) is 370 Å². The van der Waals surface area contributed by atoms with Crippen molar-refractivity contribution in [2.45, 2.75) is 0 Å². The molecule has 0 bridgehead atoms. The van der Waals surface area contributed by atoms with Gasteiger partial charge in [-0.05, 0) is 238 Å². The molecule has 18 aromatic carbocycles. The number of aromatic nitrogens is 4. The Hall–Kier alpha value is -15.6. The van der Waals surface area contributed by atoms with Gasteiger partial charge < -0.3 is 35.9 Å². The van der Waals surface area contributed by atoms with Crippen molar-refractivity contribution >= 4 is 175 Å². The lowest BCUT2D eigenvalue weighted by molar-refractivity contribution is 0.668. The van der Waals surface area contributed by atoms with E-state index in [0.717, 1.165) is 253 Å². The third kappa shape index (κ3) is 9.32. The van der Waals surface area contributed by atoms with Crippen LogP contribution in [0.15, 0.2) is 394 Å². The first kappa shape index (κ1) is 63.0. The molecule has 26 rings (SSSR count). The van der Waals surface area contributed by atoms with E-state index < -0.39 is 0 Å². The van der Waals surface area contributed by atoms with E-state index in [1.807, 2.05) is 24.3 Å². The van der Waals surface area contributed by atoms with Crippen LogP contribution in [0.4, 0.5) is 0 Å². The summed E-state index contributed by atoms with van der Waals surface area (Å²) in [5, 5.41) is 18.1. The van der Waals surface area contributed by atoms with Gasteiger partial charge >= 0.3 is 0 Å². The normalized spacial score (nSPS) is 12.3. The Morgan fingerprint density at radius 1 is 0.121 bits per heavy atom. The molecule has 0 spiro atoms. The van der Waals surface area contributed by atoms with Crippen LogP contribution in [0.25, 0.3) is 253 Å². The Kier molecular flexibility index (Phi) is 13.0. The molecule has 0 aliphatic rings. The summed E-state index contributed by atoms with van der Waals surface area (Å²) in [4.78, 5) is 0. The fourth-order valence-electron chi connectivity index (χ4n) is 19.4. The number of para-hydroxylation sites is 8. The van der Waals surface area contributed by atoms with Crippen LogP contribution in [-0.2, 0) is 0 Å². The third-order valence-electron chi connectivity index (χ3n) is 24.7. The highest BCUT2D eigenvalue weighted by atomic mass is 16.3. The predicted octanol–water partition coefficient (Wildman–Crippen LogP) is 30.0. The summed E-state index contributed by atoms with van der Waals surface area (Å²) in [5.41, 5.74) is 31.1. The van der Waals surface area contributed by atoms with Gasteiger partial charge in [0.25, 0.3) is 0 Å². The molecule has 0 aliphatic heterocycles. The Morgan fingerprint density at radius 2 is 0.302 bits per heavy atom. The Labute approximate surface area is 661 Å². The van der Waals surface area contributed by atoms with Crippen LogP contribution < -0.4 is 0 Å². The lowest BCUT2D eigenvalue weighted by atomic mass is 10.00. The summed E-state index contributed by atoms with van der Waals surface area (Å²) >= 11 is 0. The van der Waals surface area contributed by atoms with E-state index in [-0.39, 0.29) is 0 Å². The molecule has 0 unspecified atom stereocenters. The van der Waals surface area contributed by atoms with Crippen molar-refractivity contribution in [1.29, 1.82) is 0 Å². The van der Waals surface area contributed by atoms with Crippen LogP contribution >= 0.6 is 0 Å². The van der Waals surface area contributed by atoms with Crippen LogP contribution in [0.3, 0.4) is 0 Å². The number of nitrogens with zero attached hydrogens (tertiary/aromatic N) is 4. The van der Waals surface area contributed by atoms with Gasteiger partial charge in [0.05, 0.1) is 44.1 Å². The van der Waals surface area contributed by atoms with Gasteiger partial charge in [0, 0.05) is 109 Å². The van der Waals surface area contributed by atoms with Gasteiger partial charge in [-0.25, -0.2) is 0 Å². The van der Waals surface area contributed by atoms with Crippen molar-refractivity contribution < 1.29 is 17.7 Å². The Morgan fingerprint density at radius 3 is 0.543 bits per heavy atom. The van der Waals surface area contributed by atoms with Crippen molar-refractivity contribution in [2.24, 2.45) is 0 Å². The van der Waals surface area contributed by atoms with E-state index in [4.69, 9.17) is 17.7 Å². The molecule has 8 aromatic heterocycles. The summed E-state index contributed by atoms with van der Waals surface area (Å²) in [6.45, 7) is 0. The molecule has 0 saturated heterocycles. The van der Waals surface area contributed by atoms with Gasteiger partial charge in [0.2, 0.25) is 0 Å². The van der Waals surface area contributed by atoms with Gasteiger partial charge in [-0.2, -0.15) is 0 Å². The Balaban J connectivity index is 0.724. The molecule has 0 saturated carbocycles. The van der Waals surface area contributed by atoms with Crippen molar-refractivity contribution in [2.75, 3.05) is 0 Å². The lowest BCUT2D eigenvalue weighted by Gasteiger charge is -2.19. The molecule has 0 atom stereocenters. The van der Waals surface area contributed by atoms with Gasteiger partial charge in [0.1, 0.15) is 44.7 Å². The number of hydrogen-bond donors (Lipinski definition) is 0. The van der Waals surface area contributed by atoms with E-state index in [9.17, 15) is 0 Å². The zero-order valence-electron chi connectivity index (χ0n) is 62.2. The highest BCUT2D eigenvalue weighted by Gasteiger charge is 2.25. The Bertz CT molecular complexity index is 7750. The number of furan rings is 4. The lowest BCUT2D eigenvalue weighted by Crippen LogP contribution is -2.02. The molecular formula is C108H62N4O4. The molecule has 0 radical (unpaired) electrons. The van der Waals surface area contributed by atoms with Crippen molar-refractivity contribution in [3.8, 4) is 78.4 Å². The minimum Gasteiger partial charge on any atom is -0.456 e. The maximum Gasteiger partial charge on any atom is 0.135 e. The average Bonchev–Trinajstić information content (AvgIpc) is 1.56. The van der Waals surface area contributed by atoms with Crippen LogP contribution in [0.2, 0.25) is 0 Å². The molecule has 8 heterocycles. The smallest absolute Gasteiger partial charge is 0.135 e. The van der Waals surface area contributed by atoms with Gasteiger partial charge in [0.15, 0.2) is 0 Å². The number of fused-ring (bicyclic) bond motifs is 24. The first-order chi connectivity index (χ1) is 57.4. The maximum absolute atomic E-state index is 6.37. The molecule has 116 heavy (non-hydrogen) atoms. The molecule has 538 valence electrons. The first-order valence-corrected chi connectivity index (χ1v) is 39.6. The monoisotopic (exact) mass is 1480 g/mol. The third-order valence-corrected chi connectivity index (χ3v) is 24.7. The quantitative estimate of drug-likeness (QED) is 0.144. The second kappa shape index (κ2) is 23.9. The predicted molar refractivity (Wildman–Crippen MR) is 480 cm³/mol. The summed E-state index contributed by atoms with van der Waals surface area (Å²) in [7, 11) is 0. The fraction of sp³-hybridized carbons (Fsp3) is 0. The van der Waals surface area contributed by atoms with Crippen molar-refractivity contribution in [1.82, 2.24) is 18.3 Å². The molecule has 8 heteroatoms. The maximum atomic E-state index is 6.37. The number of benzene rings is 18. The van der Waals surface area contributed by atoms with Crippen molar-refractivity contribution in [3.05, 3.63) is 376 Å². The first-order valence-electron chi connectivity index (χ1n) is 39.6. The van der Waals surface area contributed by atoms with E-state index in [1.54, 1.807) is 0 Å². The topological polar surface area (TPSA) is 72.3 Å². The minimum absolute atomic E-state index is 0.878. The molecular weight excluding hydrogens is 1420 g/mol. The van der Waals surface area contributed by atoms with Crippen LogP contribution in [0.1, 0.15) is 0 Å². The number of hydrogen-bond acceptors (Lipinski definition) is 4. The van der Waals surface area contributed by atoms with Crippen LogP contribution in [-0.4, -0.2) is 18.3 Å². The van der Waals surface area contributed by atoms with Crippen molar-refractivity contribution in [3.63, 3.8) is 0 Å².